The zero-order chi connectivity index (χ0) is 16.7. The zero-order valence-corrected chi connectivity index (χ0v) is 13.5. The third-order valence-electron chi connectivity index (χ3n) is 4.60. The average Bonchev–Trinajstić information content (AvgIpc) is 2.97. The molecule has 0 aliphatic heterocycles. The maximum atomic E-state index is 13.9. The SMILES string of the molecule is COc1ccc(Cn2ccn3nc4c(c3c2=O)CCCC4)cc1F. The third-order valence-corrected chi connectivity index (χ3v) is 4.60. The van der Waals surface area contributed by atoms with Crippen molar-refractivity contribution >= 4 is 5.52 Å². The molecule has 1 aliphatic carbocycles. The van der Waals surface area contributed by atoms with Gasteiger partial charge >= 0.3 is 0 Å². The molecule has 4 rings (SSSR count). The van der Waals surface area contributed by atoms with Crippen LogP contribution in [-0.4, -0.2) is 21.3 Å². The van der Waals surface area contributed by atoms with Gasteiger partial charge < -0.3 is 9.30 Å². The monoisotopic (exact) mass is 327 g/mol. The Balaban J connectivity index is 1.76. The Hall–Kier alpha value is -2.63. The van der Waals surface area contributed by atoms with E-state index in [9.17, 15) is 9.18 Å². The molecule has 124 valence electrons. The Morgan fingerprint density at radius 2 is 2.08 bits per heavy atom. The molecular weight excluding hydrogens is 309 g/mol. The number of fused-ring (bicyclic) bond motifs is 3. The lowest BCUT2D eigenvalue weighted by atomic mass is 9.97. The molecule has 1 aliphatic rings. The van der Waals surface area contributed by atoms with E-state index in [-0.39, 0.29) is 11.3 Å². The zero-order valence-electron chi connectivity index (χ0n) is 13.5. The summed E-state index contributed by atoms with van der Waals surface area (Å²) in [4.78, 5) is 12.9. The first-order chi connectivity index (χ1) is 11.7. The summed E-state index contributed by atoms with van der Waals surface area (Å²) in [5.41, 5.74) is 3.40. The van der Waals surface area contributed by atoms with Gasteiger partial charge in [0, 0.05) is 18.0 Å². The van der Waals surface area contributed by atoms with Crippen molar-refractivity contribution in [1.29, 1.82) is 0 Å². The van der Waals surface area contributed by atoms with Gasteiger partial charge in [0.15, 0.2) is 11.6 Å². The fraction of sp³-hybridized carbons (Fsp3) is 0.333. The van der Waals surface area contributed by atoms with E-state index >= 15 is 0 Å². The Morgan fingerprint density at radius 3 is 2.88 bits per heavy atom. The molecule has 0 radical (unpaired) electrons. The first kappa shape index (κ1) is 14.9. The molecule has 3 aromatic rings. The van der Waals surface area contributed by atoms with Crippen LogP contribution in [0.1, 0.15) is 29.7 Å². The number of hydrogen-bond donors (Lipinski definition) is 0. The summed E-state index contributed by atoms with van der Waals surface area (Å²) in [7, 11) is 1.43. The number of ether oxygens (including phenoxy) is 1. The molecule has 0 spiro atoms. The van der Waals surface area contributed by atoms with Crippen molar-refractivity contribution in [1.82, 2.24) is 14.2 Å². The highest BCUT2D eigenvalue weighted by atomic mass is 19.1. The van der Waals surface area contributed by atoms with E-state index in [2.05, 4.69) is 5.10 Å². The first-order valence-electron chi connectivity index (χ1n) is 8.09. The number of methoxy groups -OCH3 is 1. The minimum atomic E-state index is -0.425. The van der Waals surface area contributed by atoms with E-state index < -0.39 is 5.82 Å². The molecule has 0 unspecified atom stereocenters. The quantitative estimate of drug-likeness (QED) is 0.743. The van der Waals surface area contributed by atoms with Crippen molar-refractivity contribution in [3.8, 4) is 5.75 Å². The van der Waals surface area contributed by atoms with Crippen molar-refractivity contribution in [3.63, 3.8) is 0 Å². The fourth-order valence-corrected chi connectivity index (χ4v) is 3.38. The van der Waals surface area contributed by atoms with Gasteiger partial charge in [0.05, 0.1) is 19.3 Å². The molecule has 5 nitrogen and oxygen atoms in total. The Labute approximate surface area is 138 Å². The molecule has 0 bridgehead atoms. The molecule has 0 N–H and O–H groups in total. The molecule has 1 aromatic carbocycles. The van der Waals surface area contributed by atoms with Crippen molar-refractivity contribution in [3.05, 3.63) is 63.6 Å². The highest BCUT2D eigenvalue weighted by molar-refractivity contribution is 5.56. The lowest BCUT2D eigenvalue weighted by molar-refractivity contribution is 0.386. The standard InChI is InChI=1S/C18H18FN3O2/c1-24-16-7-6-12(10-14(16)19)11-21-8-9-22-17(18(21)23)13-4-2-3-5-15(13)20-22/h6-10H,2-5,11H2,1H3. The number of rotatable bonds is 3. The van der Waals surface area contributed by atoms with Crippen LogP contribution in [0, 0.1) is 5.82 Å². The largest absolute Gasteiger partial charge is 0.494 e. The van der Waals surface area contributed by atoms with Gasteiger partial charge in [-0.2, -0.15) is 5.10 Å². The summed E-state index contributed by atoms with van der Waals surface area (Å²) in [6.07, 6.45) is 7.54. The summed E-state index contributed by atoms with van der Waals surface area (Å²) in [6.45, 7) is 0.316. The van der Waals surface area contributed by atoms with Gasteiger partial charge in [0.2, 0.25) is 0 Å². The average molecular weight is 327 g/mol. The van der Waals surface area contributed by atoms with Gasteiger partial charge in [-0.15, -0.1) is 0 Å². The van der Waals surface area contributed by atoms with Crippen LogP contribution in [0.15, 0.2) is 35.4 Å². The van der Waals surface area contributed by atoms with E-state index in [0.29, 0.717) is 17.6 Å². The van der Waals surface area contributed by atoms with Crippen LogP contribution in [0.5, 0.6) is 5.75 Å². The lowest BCUT2D eigenvalue weighted by Gasteiger charge is -2.10. The molecule has 2 aromatic heterocycles. The molecule has 0 atom stereocenters. The van der Waals surface area contributed by atoms with E-state index in [1.165, 1.54) is 13.2 Å². The summed E-state index contributed by atoms with van der Waals surface area (Å²) < 4.78 is 22.1. The predicted octanol–water partition coefficient (Wildman–Crippen LogP) is 2.57. The van der Waals surface area contributed by atoms with Crippen molar-refractivity contribution in [2.24, 2.45) is 0 Å². The number of benzene rings is 1. The van der Waals surface area contributed by atoms with Crippen LogP contribution in [0.3, 0.4) is 0 Å². The first-order valence-corrected chi connectivity index (χ1v) is 8.09. The molecule has 0 amide bonds. The van der Waals surface area contributed by atoms with Gasteiger partial charge in [0.25, 0.3) is 5.56 Å². The summed E-state index contributed by atoms with van der Waals surface area (Å²) >= 11 is 0. The van der Waals surface area contributed by atoms with E-state index in [0.717, 1.165) is 36.9 Å². The molecule has 0 saturated heterocycles. The molecule has 0 fully saturated rings. The van der Waals surface area contributed by atoms with Gasteiger partial charge in [-0.1, -0.05) is 6.07 Å². The third kappa shape index (κ3) is 2.38. The summed E-state index contributed by atoms with van der Waals surface area (Å²) in [6, 6.07) is 4.75. The smallest absolute Gasteiger partial charge is 0.277 e. The second kappa shape index (κ2) is 5.78. The van der Waals surface area contributed by atoms with E-state index in [4.69, 9.17) is 4.74 Å². The Bertz CT molecular complexity index is 974. The lowest BCUT2D eigenvalue weighted by Crippen LogP contribution is -2.22. The molecular formula is C18H18FN3O2. The van der Waals surface area contributed by atoms with E-state index in [1.54, 1.807) is 33.6 Å². The van der Waals surface area contributed by atoms with Gasteiger partial charge in [-0.05, 0) is 43.4 Å². The normalized spacial score (nSPS) is 13.9. The van der Waals surface area contributed by atoms with Gasteiger partial charge in [-0.3, -0.25) is 4.79 Å². The van der Waals surface area contributed by atoms with Crippen LogP contribution in [-0.2, 0) is 19.4 Å². The van der Waals surface area contributed by atoms with Crippen LogP contribution in [0.25, 0.3) is 5.52 Å². The topological polar surface area (TPSA) is 48.5 Å². The van der Waals surface area contributed by atoms with Crippen LogP contribution in [0.4, 0.5) is 4.39 Å². The predicted molar refractivity (Wildman–Crippen MR) is 88.1 cm³/mol. The molecule has 6 heteroatoms. The van der Waals surface area contributed by atoms with Crippen molar-refractivity contribution in [2.75, 3.05) is 7.11 Å². The highest BCUT2D eigenvalue weighted by Gasteiger charge is 2.19. The number of nitrogens with zero attached hydrogens (tertiary/aromatic N) is 3. The Kier molecular flexibility index (Phi) is 3.59. The molecule has 0 saturated carbocycles. The minimum absolute atomic E-state index is 0.0793. The maximum Gasteiger partial charge on any atom is 0.277 e. The van der Waals surface area contributed by atoms with E-state index in [1.807, 2.05) is 0 Å². The van der Waals surface area contributed by atoms with Crippen molar-refractivity contribution < 1.29 is 9.13 Å². The molecule has 2 heterocycles. The number of hydrogen-bond acceptors (Lipinski definition) is 3. The highest BCUT2D eigenvalue weighted by Crippen LogP contribution is 2.23. The number of halogens is 1. The molecule has 24 heavy (non-hydrogen) atoms. The van der Waals surface area contributed by atoms with Crippen LogP contribution < -0.4 is 10.3 Å². The second-order valence-electron chi connectivity index (χ2n) is 6.13. The van der Waals surface area contributed by atoms with Gasteiger partial charge in [0.1, 0.15) is 5.52 Å². The van der Waals surface area contributed by atoms with Gasteiger partial charge in [-0.25, -0.2) is 8.91 Å². The van der Waals surface area contributed by atoms with Crippen molar-refractivity contribution in [2.45, 2.75) is 32.2 Å². The fourth-order valence-electron chi connectivity index (χ4n) is 3.38. The Morgan fingerprint density at radius 1 is 1.25 bits per heavy atom. The summed E-state index contributed by atoms with van der Waals surface area (Å²) in [5.74, 6) is -0.225. The summed E-state index contributed by atoms with van der Waals surface area (Å²) in [5, 5.41) is 4.53. The van der Waals surface area contributed by atoms with Crippen LogP contribution in [0.2, 0.25) is 0 Å². The van der Waals surface area contributed by atoms with Crippen LogP contribution >= 0.6 is 0 Å². The minimum Gasteiger partial charge on any atom is -0.494 e. The number of aryl methyl sites for hydroxylation is 2. The maximum absolute atomic E-state index is 13.9. The number of aromatic nitrogens is 3. The second-order valence-corrected chi connectivity index (χ2v) is 6.13.